The first-order valence-electron chi connectivity index (χ1n) is 10.8. The van der Waals surface area contributed by atoms with Gasteiger partial charge in [0.2, 0.25) is 5.43 Å². The Labute approximate surface area is 196 Å². The first-order valence-corrected chi connectivity index (χ1v) is 11.6. The highest BCUT2D eigenvalue weighted by Crippen LogP contribution is 2.34. The molecule has 12 heteroatoms. The fraction of sp³-hybridized carbons (Fsp3) is 0.364. The summed E-state index contributed by atoms with van der Waals surface area (Å²) in [6.07, 6.45) is 2.58. The summed E-state index contributed by atoms with van der Waals surface area (Å²) in [7, 11) is 0. The number of nitrogens with zero attached hydrogens (tertiary/aromatic N) is 4. The predicted octanol–water partition coefficient (Wildman–Crippen LogP) is 2.47. The number of nitrogens with one attached hydrogen (secondary N) is 1. The molecule has 5 rings (SSSR count). The number of halogens is 2. The second kappa shape index (κ2) is 8.44. The van der Waals surface area contributed by atoms with E-state index in [4.69, 9.17) is 4.74 Å². The Morgan fingerprint density at radius 2 is 2.00 bits per heavy atom. The van der Waals surface area contributed by atoms with Crippen molar-refractivity contribution in [3.05, 3.63) is 62.5 Å². The third kappa shape index (κ3) is 3.62. The Morgan fingerprint density at radius 1 is 1.24 bits per heavy atom. The normalized spacial score (nSPS) is 17.0. The standard InChI is InChI=1S/C22H21F2N5O4S/c1-2-28-21(32)17-19(31)18(30)14(11-29(17)27-22(28)5-7-33-8-6-22)20-26-25-16(34-20)9-12-3-4-13(23)10-15(12)24/h3-4,10-11,27,31H,2,5-9H2,1H3. The van der Waals surface area contributed by atoms with Gasteiger partial charge in [-0.3, -0.25) is 14.3 Å². The van der Waals surface area contributed by atoms with Crippen LogP contribution in [0.3, 0.4) is 0 Å². The van der Waals surface area contributed by atoms with Crippen LogP contribution in [0.1, 0.15) is 40.8 Å². The second-order valence-electron chi connectivity index (χ2n) is 8.16. The highest BCUT2D eigenvalue weighted by molar-refractivity contribution is 7.14. The first kappa shape index (κ1) is 22.4. The van der Waals surface area contributed by atoms with Crippen molar-refractivity contribution in [3.8, 4) is 16.3 Å². The van der Waals surface area contributed by atoms with Crippen LogP contribution in [0.25, 0.3) is 10.6 Å². The van der Waals surface area contributed by atoms with Gasteiger partial charge in [-0.2, -0.15) is 0 Å². The minimum Gasteiger partial charge on any atom is -0.502 e. The van der Waals surface area contributed by atoms with Gasteiger partial charge in [-0.1, -0.05) is 17.4 Å². The number of ether oxygens (including phenoxy) is 1. The molecule has 1 spiro atoms. The number of carbonyl (C=O) groups excluding carboxylic acids is 1. The molecule has 2 aliphatic rings. The number of aromatic hydroxyl groups is 1. The van der Waals surface area contributed by atoms with Crippen molar-refractivity contribution >= 4 is 17.2 Å². The molecule has 1 fully saturated rings. The molecule has 4 heterocycles. The van der Waals surface area contributed by atoms with Gasteiger partial charge in [0, 0.05) is 38.1 Å². The third-order valence-corrected chi connectivity index (χ3v) is 7.12. The number of fused-ring (bicyclic) bond motifs is 1. The fourth-order valence-electron chi connectivity index (χ4n) is 4.45. The van der Waals surface area contributed by atoms with Crippen LogP contribution in [0.15, 0.2) is 29.2 Å². The zero-order chi connectivity index (χ0) is 24.0. The van der Waals surface area contributed by atoms with Crippen LogP contribution in [0.4, 0.5) is 8.78 Å². The van der Waals surface area contributed by atoms with Gasteiger partial charge < -0.3 is 20.2 Å². The monoisotopic (exact) mass is 489 g/mol. The van der Waals surface area contributed by atoms with Gasteiger partial charge in [0.15, 0.2) is 16.5 Å². The van der Waals surface area contributed by atoms with Crippen molar-refractivity contribution in [1.29, 1.82) is 0 Å². The average molecular weight is 490 g/mol. The summed E-state index contributed by atoms with van der Waals surface area (Å²) in [6, 6.07) is 3.27. The zero-order valence-corrected chi connectivity index (χ0v) is 19.0. The summed E-state index contributed by atoms with van der Waals surface area (Å²) in [5.41, 5.74) is 1.98. The molecule has 0 radical (unpaired) electrons. The number of hydrogen-bond acceptors (Lipinski definition) is 8. The van der Waals surface area contributed by atoms with E-state index in [1.165, 1.54) is 16.9 Å². The molecular formula is C22H21F2N5O4S. The molecule has 0 bridgehead atoms. The SMILES string of the molecule is CCN1C(=O)c2c(O)c(=O)c(-c3nnc(Cc4ccc(F)cc4F)s3)cn2NC12CCOCC2. The van der Waals surface area contributed by atoms with E-state index in [2.05, 4.69) is 15.6 Å². The van der Waals surface area contributed by atoms with E-state index < -0.39 is 34.4 Å². The van der Waals surface area contributed by atoms with Crippen LogP contribution in [0.5, 0.6) is 5.75 Å². The average Bonchev–Trinajstić information content (AvgIpc) is 3.27. The molecule has 2 aliphatic heterocycles. The predicted molar refractivity (Wildman–Crippen MR) is 119 cm³/mol. The van der Waals surface area contributed by atoms with Gasteiger partial charge in [0.1, 0.15) is 22.3 Å². The van der Waals surface area contributed by atoms with E-state index in [0.29, 0.717) is 37.6 Å². The summed E-state index contributed by atoms with van der Waals surface area (Å²) in [4.78, 5) is 27.8. The number of carbonyl (C=O) groups is 1. The molecule has 0 aliphatic carbocycles. The lowest BCUT2D eigenvalue weighted by Crippen LogP contribution is -2.65. The van der Waals surface area contributed by atoms with Gasteiger partial charge in [-0.25, -0.2) is 8.78 Å². The van der Waals surface area contributed by atoms with Crippen LogP contribution in [0, 0.1) is 11.6 Å². The maximum atomic E-state index is 14.0. The van der Waals surface area contributed by atoms with E-state index in [-0.39, 0.29) is 28.2 Å². The molecule has 9 nitrogen and oxygen atoms in total. The van der Waals surface area contributed by atoms with Crippen LogP contribution < -0.4 is 10.9 Å². The number of benzene rings is 1. The molecular weight excluding hydrogens is 468 g/mol. The molecule has 34 heavy (non-hydrogen) atoms. The largest absolute Gasteiger partial charge is 0.502 e. The van der Waals surface area contributed by atoms with E-state index >= 15 is 0 Å². The van der Waals surface area contributed by atoms with E-state index in [0.717, 1.165) is 23.5 Å². The Balaban J connectivity index is 1.53. The first-order chi connectivity index (χ1) is 16.3. The highest BCUT2D eigenvalue weighted by atomic mass is 32.1. The molecule has 0 saturated carbocycles. The molecule has 178 valence electrons. The fourth-order valence-corrected chi connectivity index (χ4v) is 5.32. The number of aromatic nitrogens is 3. The maximum absolute atomic E-state index is 14.0. The molecule has 2 aromatic heterocycles. The van der Waals surface area contributed by atoms with E-state index in [1.54, 1.807) is 4.90 Å². The number of rotatable bonds is 4. The lowest BCUT2D eigenvalue weighted by Gasteiger charge is -2.50. The van der Waals surface area contributed by atoms with Crippen LogP contribution in [-0.4, -0.2) is 56.2 Å². The Bertz CT molecular complexity index is 1340. The van der Waals surface area contributed by atoms with Gasteiger partial charge in [0.25, 0.3) is 5.91 Å². The van der Waals surface area contributed by atoms with Gasteiger partial charge in [-0.05, 0) is 18.6 Å². The zero-order valence-electron chi connectivity index (χ0n) is 18.2. The molecule has 0 unspecified atom stereocenters. The van der Waals surface area contributed by atoms with Crippen molar-refractivity contribution in [2.75, 3.05) is 25.2 Å². The lowest BCUT2D eigenvalue weighted by atomic mass is 9.96. The van der Waals surface area contributed by atoms with Crippen molar-refractivity contribution in [2.45, 2.75) is 31.8 Å². The van der Waals surface area contributed by atoms with Gasteiger partial charge in [0.05, 0.1) is 18.8 Å². The minimum atomic E-state index is -0.754. The lowest BCUT2D eigenvalue weighted by molar-refractivity contribution is -0.0175. The minimum absolute atomic E-state index is 0.0528. The van der Waals surface area contributed by atoms with E-state index in [1.807, 2.05) is 6.92 Å². The number of hydrogen-bond donors (Lipinski definition) is 2. The van der Waals surface area contributed by atoms with E-state index in [9.17, 15) is 23.5 Å². The Hall–Kier alpha value is -3.38. The number of amides is 1. The topological polar surface area (TPSA) is 110 Å². The summed E-state index contributed by atoms with van der Waals surface area (Å²) in [6.45, 7) is 3.15. The summed E-state index contributed by atoms with van der Waals surface area (Å²) in [5.74, 6) is -2.51. The quantitative estimate of drug-likeness (QED) is 0.580. The molecule has 1 aromatic carbocycles. The van der Waals surface area contributed by atoms with Gasteiger partial charge in [-0.15, -0.1) is 10.2 Å². The van der Waals surface area contributed by atoms with Crippen LogP contribution >= 0.6 is 11.3 Å². The summed E-state index contributed by atoms with van der Waals surface area (Å²) < 4.78 is 34.0. The number of pyridine rings is 1. The second-order valence-corrected chi connectivity index (χ2v) is 9.22. The smallest absolute Gasteiger partial charge is 0.278 e. The summed E-state index contributed by atoms with van der Waals surface area (Å²) >= 11 is 1.05. The van der Waals surface area contributed by atoms with Crippen molar-refractivity contribution in [2.24, 2.45) is 0 Å². The molecule has 0 atom stereocenters. The maximum Gasteiger partial charge on any atom is 0.278 e. The van der Waals surface area contributed by atoms with Crippen molar-refractivity contribution in [3.63, 3.8) is 0 Å². The van der Waals surface area contributed by atoms with Gasteiger partial charge >= 0.3 is 0 Å². The Kier molecular flexibility index (Phi) is 5.56. The van der Waals surface area contributed by atoms with Crippen LogP contribution in [0.2, 0.25) is 0 Å². The molecule has 3 aromatic rings. The van der Waals surface area contributed by atoms with Crippen molar-refractivity contribution in [1.82, 2.24) is 19.8 Å². The molecule has 2 N–H and O–H groups in total. The van der Waals surface area contributed by atoms with Crippen LogP contribution in [-0.2, 0) is 11.2 Å². The highest BCUT2D eigenvalue weighted by Gasteiger charge is 2.46. The Morgan fingerprint density at radius 3 is 2.71 bits per heavy atom. The molecule has 1 amide bonds. The van der Waals surface area contributed by atoms with Crippen molar-refractivity contribution < 1.29 is 23.4 Å². The molecule has 1 saturated heterocycles. The summed E-state index contributed by atoms with van der Waals surface area (Å²) in [5, 5.41) is 19.4. The third-order valence-electron chi connectivity index (χ3n) is 6.17.